The Kier molecular flexibility index (Phi) is 4.10. The lowest BCUT2D eigenvalue weighted by molar-refractivity contribution is 0.0771. The van der Waals surface area contributed by atoms with Crippen LogP contribution in [0.2, 0.25) is 5.15 Å². The highest BCUT2D eigenvalue weighted by Crippen LogP contribution is 2.21. The van der Waals surface area contributed by atoms with Gasteiger partial charge in [-0.25, -0.2) is 4.98 Å². The van der Waals surface area contributed by atoms with E-state index in [0.29, 0.717) is 15.2 Å². The lowest BCUT2D eigenvalue weighted by atomic mass is 10.2. The molecule has 1 aliphatic rings. The Morgan fingerprint density at radius 2 is 2.19 bits per heavy atom. The summed E-state index contributed by atoms with van der Waals surface area (Å²) in [6.45, 7) is 1.60. The first kappa shape index (κ1) is 12.2. The molecule has 0 radical (unpaired) electrons. The van der Waals surface area contributed by atoms with Gasteiger partial charge < -0.3 is 4.90 Å². The van der Waals surface area contributed by atoms with E-state index in [4.69, 9.17) is 11.6 Å². The Morgan fingerprint density at radius 3 is 2.88 bits per heavy atom. The second kappa shape index (κ2) is 5.38. The Labute approximate surface area is 112 Å². The van der Waals surface area contributed by atoms with Gasteiger partial charge in [-0.1, -0.05) is 11.6 Å². The monoisotopic (exact) mass is 320 g/mol. The van der Waals surface area contributed by atoms with Crippen LogP contribution in [0, 0.1) is 0 Å². The Hall–Kier alpha value is -0.260. The van der Waals surface area contributed by atoms with E-state index in [1.54, 1.807) is 12.3 Å². The van der Waals surface area contributed by atoms with Crippen molar-refractivity contribution in [3.05, 3.63) is 27.5 Å². The second-order valence-electron chi connectivity index (χ2n) is 3.39. The molecule has 3 nitrogen and oxygen atoms in total. The smallest absolute Gasteiger partial charge is 0.255 e. The van der Waals surface area contributed by atoms with Crippen molar-refractivity contribution in [1.29, 1.82) is 0 Å². The van der Waals surface area contributed by atoms with Crippen molar-refractivity contribution < 1.29 is 4.79 Å². The third-order valence-corrected chi connectivity index (χ3v) is 4.13. The van der Waals surface area contributed by atoms with Crippen LogP contribution in [0.1, 0.15) is 10.4 Å². The van der Waals surface area contributed by atoms with Crippen LogP contribution < -0.4 is 0 Å². The molecular formula is C10H10BrClN2OS. The normalized spacial score (nSPS) is 16.2. The molecule has 2 rings (SSSR count). The zero-order valence-electron chi connectivity index (χ0n) is 8.45. The van der Waals surface area contributed by atoms with Crippen LogP contribution >= 0.6 is 39.3 Å². The van der Waals surface area contributed by atoms with Crippen LogP contribution in [0.4, 0.5) is 0 Å². The number of hydrogen-bond donors (Lipinski definition) is 0. The summed E-state index contributed by atoms with van der Waals surface area (Å²) in [4.78, 5) is 17.9. The fourth-order valence-corrected chi connectivity index (χ4v) is 2.96. The molecule has 1 saturated heterocycles. The van der Waals surface area contributed by atoms with E-state index in [9.17, 15) is 4.79 Å². The van der Waals surface area contributed by atoms with Crippen LogP contribution in [-0.2, 0) is 0 Å². The first-order valence-electron chi connectivity index (χ1n) is 4.86. The van der Waals surface area contributed by atoms with Crippen LogP contribution in [0.3, 0.4) is 0 Å². The lowest BCUT2D eigenvalue weighted by Crippen LogP contribution is -2.38. The summed E-state index contributed by atoms with van der Waals surface area (Å²) < 4.78 is 0.695. The van der Waals surface area contributed by atoms with Crippen molar-refractivity contribution in [3.8, 4) is 0 Å². The molecule has 0 bridgehead atoms. The summed E-state index contributed by atoms with van der Waals surface area (Å²) in [5, 5.41) is 0.345. The van der Waals surface area contributed by atoms with Crippen molar-refractivity contribution in [1.82, 2.24) is 9.88 Å². The van der Waals surface area contributed by atoms with Crippen LogP contribution in [0.15, 0.2) is 16.7 Å². The Bertz CT molecular complexity index is 410. The number of amides is 1. The summed E-state index contributed by atoms with van der Waals surface area (Å²) in [7, 11) is 0. The van der Waals surface area contributed by atoms with Gasteiger partial charge in [0.2, 0.25) is 0 Å². The van der Waals surface area contributed by atoms with E-state index >= 15 is 0 Å². The van der Waals surface area contributed by atoms with E-state index in [2.05, 4.69) is 20.9 Å². The van der Waals surface area contributed by atoms with Gasteiger partial charge >= 0.3 is 0 Å². The molecule has 0 aromatic carbocycles. The molecule has 0 unspecified atom stereocenters. The van der Waals surface area contributed by atoms with Gasteiger partial charge in [0.05, 0.1) is 5.56 Å². The number of aromatic nitrogens is 1. The summed E-state index contributed by atoms with van der Waals surface area (Å²) >= 11 is 11.0. The number of halogens is 2. The number of nitrogens with zero attached hydrogens (tertiary/aromatic N) is 2. The maximum absolute atomic E-state index is 12.2. The Morgan fingerprint density at radius 1 is 1.50 bits per heavy atom. The Balaban J connectivity index is 2.22. The largest absolute Gasteiger partial charge is 0.337 e. The number of carbonyl (C=O) groups excluding carboxylic acids is 1. The van der Waals surface area contributed by atoms with Crippen molar-refractivity contribution >= 4 is 45.2 Å². The zero-order chi connectivity index (χ0) is 11.5. The minimum atomic E-state index is 0.0245. The first-order valence-corrected chi connectivity index (χ1v) is 7.19. The number of pyridine rings is 1. The first-order chi connectivity index (χ1) is 7.68. The van der Waals surface area contributed by atoms with Gasteiger partial charge in [0.1, 0.15) is 5.15 Å². The summed E-state index contributed by atoms with van der Waals surface area (Å²) in [6.07, 6.45) is 1.56. The molecule has 0 saturated carbocycles. The van der Waals surface area contributed by atoms with Gasteiger partial charge in [-0.15, -0.1) is 0 Å². The third kappa shape index (κ3) is 2.70. The number of carbonyl (C=O) groups is 1. The molecule has 1 aliphatic heterocycles. The van der Waals surface area contributed by atoms with Crippen molar-refractivity contribution in [2.24, 2.45) is 0 Å². The molecule has 16 heavy (non-hydrogen) atoms. The van der Waals surface area contributed by atoms with Crippen molar-refractivity contribution in [2.45, 2.75) is 0 Å². The molecule has 0 atom stereocenters. The predicted molar refractivity (Wildman–Crippen MR) is 70.2 cm³/mol. The summed E-state index contributed by atoms with van der Waals surface area (Å²) in [5.41, 5.74) is 0.590. The molecule has 0 aliphatic carbocycles. The van der Waals surface area contributed by atoms with Crippen LogP contribution in [0.25, 0.3) is 0 Å². The lowest BCUT2D eigenvalue weighted by Gasteiger charge is -2.26. The van der Waals surface area contributed by atoms with Crippen molar-refractivity contribution in [2.75, 3.05) is 24.6 Å². The summed E-state index contributed by atoms with van der Waals surface area (Å²) in [5.74, 6) is 2.03. The molecule has 0 spiro atoms. The minimum Gasteiger partial charge on any atom is -0.337 e. The number of rotatable bonds is 1. The standard InChI is InChI=1S/C10H10BrClN2OS/c11-8-6-13-9(12)5-7(8)10(15)14-1-3-16-4-2-14/h5-6H,1-4H2. The third-order valence-electron chi connectivity index (χ3n) is 2.35. The average Bonchev–Trinajstić information content (AvgIpc) is 2.32. The highest BCUT2D eigenvalue weighted by molar-refractivity contribution is 9.10. The van der Waals surface area contributed by atoms with Crippen molar-refractivity contribution in [3.63, 3.8) is 0 Å². The molecule has 1 amide bonds. The minimum absolute atomic E-state index is 0.0245. The summed E-state index contributed by atoms with van der Waals surface area (Å²) in [6, 6.07) is 1.61. The molecule has 1 aromatic heterocycles. The molecule has 2 heterocycles. The average molecular weight is 322 g/mol. The van der Waals surface area contributed by atoms with Gasteiger partial charge in [0.25, 0.3) is 5.91 Å². The van der Waals surface area contributed by atoms with Gasteiger partial charge in [-0.05, 0) is 22.0 Å². The highest BCUT2D eigenvalue weighted by atomic mass is 79.9. The van der Waals surface area contributed by atoms with E-state index in [1.807, 2.05) is 16.7 Å². The van der Waals surface area contributed by atoms with Gasteiger partial charge in [0, 0.05) is 35.3 Å². The number of hydrogen-bond acceptors (Lipinski definition) is 3. The van der Waals surface area contributed by atoms with E-state index in [1.165, 1.54) is 0 Å². The van der Waals surface area contributed by atoms with E-state index in [-0.39, 0.29) is 5.91 Å². The molecule has 86 valence electrons. The van der Waals surface area contributed by atoms with Gasteiger partial charge in [-0.3, -0.25) is 4.79 Å². The van der Waals surface area contributed by atoms with Crippen LogP contribution in [0.5, 0.6) is 0 Å². The predicted octanol–water partition coefficient (Wildman–Crippen LogP) is 2.69. The highest BCUT2D eigenvalue weighted by Gasteiger charge is 2.20. The SMILES string of the molecule is O=C(c1cc(Cl)ncc1Br)N1CCSCC1. The molecule has 6 heteroatoms. The molecule has 0 N–H and O–H groups in total. The molecular weight excluding hydrogens is 312 g/mol. The van der Waals surface area contributed by atoms with E-state index < -0.39 is 0 Å². The van der Waals surface area contributed by atoms with Crippen LogP contribution in [-0.4, -0.2) is 40.4 Å². The number of thioether (sulfide) groups is 1. The quantitative estimate of drug-likeness (QED) is 0.746. The fourth-order valence-electron chi connectivity index (χ4n) is 1.51. The molecule has 1 fully saturated rings. The maximum atomic E-state index is 12.2. The van der Waals surface area contributed by atoms with Gasteiger partial charge in [0.15, 0.2) is 0 Å². The van der Waals surface area contributed by atoms with Gasteiger partial charge in [-0.2, -0.15) is 11.8 Å². The second-order valence-corrected chi connectivity index (χ2v) is 5.86. The topological polar surface area (TPSA) is 33.2 Å². The van der Waals surface area contributed by atoms with E-state index in [0.717, 1.165) is 24.6 Å². The maximum Gasteiger partial charge on any atom is 0.255 e. The molecule has 1 aromatic rings. The fraction of sp³-hybridized carbons (Fsp3) is 0.400. The zero-order valence-corrected chi connectivity index (χ0v) is 11.6.